The maximum atomic E-state index is 12.0. The molecule has 0 bridgehead atoms. The second-order valence-corrected chi connectivity index (χ2v) is 5.59. The molecule has 120 valence electrons. The highest BCUT2D eigenvalue weighted by molar-refractivity contribution is 9.09. The van der Waals surface area contributed by atoms with Gasteiger partial charge in [0.05, 0.1) is 14.2 Å². The highest BCUT2D eigenvalue weighted by Crippen LogP contribution is 2.37. The van der Waals surface area contributed by atoms with E-state index in [1.54, 1.807) is 7.11 Å². The summed E-state index contributed by atoms with van der Waals surface area (Å²) in [7, 11) is 3.08. The molecule has 0 radical (unpaired) electrons. The van der Waals surface area contributed by atoms with E-state index in [9.17, 15) is 13.2 Å². The number of hydrogen-bond donors (Lipinski definition) is 0. The molecule has 1 aromatic carbocycles. The number of benzene rings is 1. The predicted octanol–water partition coefficient (Wildman–Crippen LogP) is 4.42. The van der Waals surface area contributed by atoms with E-state index in [0.717, 1.165) is 11.1 Å². The van der Waals surface area contributed by atoms with Crippen molar-refractivity contribution in [2.75, 3.05) is 27.4 Å². The van der Waals surface area contributed by atoms with E-state index in [1.165, 1.54) is 7.11 Å². The van der Waals surface area contributed by atoms with Crippen LogP contribution in [-0.4, -0.2) is 33.6 Å². The topological polar surface area (TPSA) is 27.7 Å². The third-order valence-corrected chi connectivity index (χ3v) is 3.84. The van der Waals surface area contributed by atoms with Crippen LogP contribution in [0.3, 0.4) is 0 Å². The second kappa shape index (κ2) is 7.89. The lowest BCUT2D eigenvalue weighted by molar-refractivity contribution is -0.174. The summed E-state index contributed by atoms with van der Waals surface area (Å²) in [6, 6.07) is 3.65. The number of methoxy groups -OCH3 is 2. The van der Waals surface area contributed by atoms with E-state index in [1.807, 2.05) is 19.1 Å². The Hall–Kier alpha value is -0.950. The molecule has 21 heavy (non-hydrogen) atoms. The van der Waals surface area contributed by atoms with Gasteiger partial charge in [-0.15, -0.1) is 0 Å². The Morgan fingerprint density at radius 3 is 2.24 bits per heavy atom. The van der Waals surface area contributed by atoms with E-state index >= 15 is 0 Å². The molecule has 0 aliphatic heterocycles. The summed E-state index contributed by atoms with van der Waals surface area (Å²) in [4.78, 5) is -0.120. The fraction of sp³-hybridized carbons (Fsp3) is 0.571. The number of aryl methyl sites for hydroxylation is 1. The second-order valence-electron chi connectivity index (χ2n) is 4.49. The van der Waals surface area contributed by atoms with Gasteiger partial charge in [-0.05, 0) is 36.6 Å². The van der Waals surface area contributed by atoms with Gasteiger partial charge in [0.1, 0.15) is 6.61 Å². The van der Waals surface area contributed by atoms with Crippen molar-refractivity contribution in [3.8, 4) is 11.5 Å². The molecule has 0 amide bonds. The van der Waals surface area contributed by atoms with Crippen LogP contribution in [0, 0.1) is 6.92 Å². The first-order chi connectivity index (χ1) is 9.78. The Labute approximate surface area is 130 Å². The summed E-state index contributed by atoms with van der Waals surface area (Å²) in [5, 5.41) is 0. The number of ether oxygens (including phenoxy) is 3. The van der Waals surface area contributed by atoms with Crippen molar-refractivity contribution >= 4 is 15.9 Å². The Kier molecular flexibility index (Phi) is 6.80. The van der Waals surface area contributed by atoms with Gasteiger partial charge in [0.25, 0.3) is 0 Å². The van der Waals surface area contributed by atoms with Crippen LogP contribution in [-0.2, 0) is 4.74 Å². The normalized spacial score (nSPS) is 13.1. The molecular formula is C14H18BrF3O3. The monoisotopic (exact) mass is 370 g/mol. The maximum absolute atomic E-state index is 12.0. The molecule has 0 N–H and O–H groups in total. The van der Waals surface area contributed by atoms with Crippen LogP contribution >= 0.6 is 15.9 Å². The summed E-state index contributed by atoms with van der Waals surface area (Å²) < 4.78 is 51.0. The summed E-state index contributed by atoms with van der Waals surface area (Å²) in [5.74, 6) is 1.20. The molecule has 0 saturated heterocycles. The zero-order valence-corrected chi connectivity index (χ0v) is 13.7. The van der Waals surface area contributed by atoms with Crippen molar-refractivity contribution in [1.82, 2.24) is 0 Å². The molecule has 1 rings (SSSR count). The third-order valence-electron chi connectivity index (χ3n) is 2.89. The number of halogens is 4. The highest BCUT2D eigenvalue weighted by Gasteiger charge is 2.27. The van der Waals surface area contributed by atoms with Crippen molar-refractivity contribution in [1.29, 1.82) is 0 Å². The van der Waals surface area contributed by atoms with Gasteiger partial charge in [-0.25, -0.2) is 0 Å². The molecular weight excluding hydrogens is 353 g/mol. The third kappa shape index (κ3) is 5.74. The molecule has 1 atom stereocenters. The highest BCUT2D eigenvalue weighted by atomic mass is 79.9. The van der Waals surface area contributed by atoms with Gasteiger partial charge in [-0.3, -0.25) is 0 Å². The van der Waals surface area contributed by atoms with Crippen molar-refractivity contribution < 1.29 is 27.4 Å². The molecule has 0 aliphatic rings. The molecule has 0 fully saturated rings. The molecule has 7 heteroatoms. The Morgan fingerprint density at radius 2 is 1.71 bits per heavy atom. The molecule has 0 saturated carbocycles. The molecule has 0 aliphatic carbocycles. The van der Waals surface area contributed by atoms with Crippen molar-refractivity contribution in [2.45, 2.75) is 24.3 Å². The fourth-order valence-corrected chi connectivity index (χ4v) is 2.54. The van der Waals surface area contributed by atoms with Crippen LogP contribution in [0.25, 0.3) is 0 Å². The first-order valence-corrected chi connectivity index (χ1v) is 7.21. The van der Waals surface area contributed by atoms with E-state index in [-0.39, 0.29) is 11.4 Å². The van der Waals surface area contributed by atoms with Gasteiger partial charge in [0.2, 0.25) is 0 Å². The van der Waals surface area contributed by atoms with Gasteiger partial charge in [-0.1, -0.05) is 15.9 Å². The SMILES string of the molecule is COc1cc(C)c(C(Br)CCOCC(F)(F)F)cc1OC. The first kappa shape index (κ1) is 18.1. The number of alkyl halides is 4. The van der Waals surface area contributed by atoms with E-state index in [2.05, 4.69) is 20.7 Å². The zero-order chi connectivity index (χ0) is 16.0. The van der Waals surface area contributed by atoms with Crippen LogP contribution in [0.15, 0.2) is 12.1 Å². The van der Waals surface area contributed by atoms with Crippen molar-refractivity contribution in [2.24, 2.45) is 0 Å². The lowest BCUT2D eigenvalue weighted by Gasteiger charge is -2.17. The van der Waals surface area contributed by atoms with E-state index in [4.69, 9.17) is 9.47 Å². The van der Waals surface area contributed by atoms with Gasteiger partial charge >= 0.3 is 6.18 Å². The molecule has 0 aromatic heterocycles. The van der Waals surface area contributed by atoms with E-state index < -0.39 is 12.8 Å². The van der Waals surface area contributed by atoms with Crippen LogP contribution < -0.4 is 9.47 Å². The van der Waals surface area contributed by atoms with E-state index in [0.29, 0.717) is 17.9 Å². The average Bonchev–Trinajstić information content (AvgIpc) is 2.41. The van der Waals surface area contributed by atoms with Gasteiger partial charge < -0.3 is 14.2 Å². The van der Waals surface area contributed by atoms with Crippen LogP contribution in [0.2, 0.25) is 0 Å². The molecule has 0 spiro atoms. The van der Waals surface area contributed by atoms with Gasteiger partial charge in [0.15, 0.2) is 11.5 Å². The van der Waals surface area contributed by atoms with Gasteiger partial charge in [-0.2, -0.15) is 13.2 Å². The molecule has 3 nitrogen and oxygen atoms in total. The number of hydrogen-bond acceptors (Lipinski definition) is 3. The number of rotatable bonds is 7. The smallest absolute Gasteiger partial charge is 0.411 e. The average molecular weight is 371 g/mol. The lowest BCUT2D eigenvalue weighted by atomic mass is 10.0. The largest absolute Gasteiger partial charge is 0.493 e. The minimum absolute atomic E-state index is 0.0171. The summed E-state index contributed by atoms with van der Waals surface area (Å²) in [6.45, 7) is 0.697. The predicted molar refractivity (Wildman–Crippen MR) is 77.4 cm³/mol. The quantitative estimate of drug-likeness (QED) is 0.525. The molecule has 1 aromatic rings. The molecule has 0 heterocycles. The minimum atomic E-state index is -4.29. The van der Waals surface area contributed by atoms with Crippen LogP contribution in [0.4, 0.5) is 13.2 Å². The van der Waals surface area contributed by atoms with Crippen LogP contribution in [0.1, 0.15) is 22.4 Å². The zero-order valence-electron chi connectivity index (χ0n) is 12.1. The Balaban J connectivity index is 2.67. The van der Waals surface area contributed by atoms with Crippen LogP contribution in [0.5, 0.6) is 11.5 Å². The Bertz CT molecular complexity index is 464. The summed E-state index contributed by atoms with van der Waals surface area (Å²) in [6.07, 6.45) is -3.87. The minimum Gasteiger partial charge on any atom is -0.493 e. The Morgan fingerprint density at radius 1 is 1.14 bits per heavy atom. The molecule has 1 unspecified atom stereocenters. The fourth-order valence-electron chi connectivity index (χ4n) is 1.86. The summed E-state index contributed by atoms with van der Waals surface area (Å²) >= 11 is 3.47. The van der Waals surface area contributed by atoms with Gasteiger partial charge in [0, 0.05) is 11.4 Å². The standard InChI is InChI=1S/C14H18BrF3O3/c1-9-6-12(19-2)13(20-3)7-10(9)11(15)4-5-21-8-14(16,17)18/h6-7,11H,4-5,8H2,1-3H3. The lowest BCUT2D eigenvalue weighted by Crippen LogP contribution is -2.17. The van der Waals surface area contributed by atoms with Crippen molar-refractivity contribution in [3.05, 3.63) is 23.3 Å². The maximum Gasteiger partial charge on any atom is 0.411 e. The summed E-state index contributed by atoms with van der Waals surface area (Å²) in [5.41, 5.74) is 1.90. The van der Waals surface area contributed by atoms with Crippen molar-refractivity contribution in [3.63, 3.8) is 0 Å². The first-order valence-electron chi connectivity index (χ1n) is 6.29.